The molecule has 0 aromatic heterocycles. The van der Waals surface area contributed by atoms with Crippen molar-refractivity contribution < 1.29 is 93.4 Å². The number of aromatic hydroxyl groups is 3. The number of epoxide rings is 1. The molecule has 4 fully saturated rings. The fraction of sp³-hybridized carbons (Fsp3) is 0.487. The molecule has 58 heavy (non-hydrogen) atoms. The van der Waals surface area contributed by atoms with Gasteiger partial charge >= 0.3 is 11.9 Å². The van der Waals surface area contributed by atoms with Crippen LogP contribution in [0.3, 0.4) is 0 Å². The molecule has 16 atom stereocenters. The van der Waals surface area contributed by atoms with E-state index in [1.807, 2.05) is 0 Å². The second kappa shape index (κ2) is 16.9. The summed E-state index contributed by atoms with van der Waals surface area (Å²) in [6.45, 7) is 0.214. The zero-order valence-electron chi connectivity index (χ0n) is 30.7. The van der Waals surface area contributed by atoms with Crippen molar-refractivity contribution >= 4 is 24.1 Å². The largest absolute Gasteiger partial charge is 0.508 e. The van der Waals surface area contributed by atoms with Gasteiger partial charge in [0.15, 0.2) is 36.3 Å². The topological polar surface area (TPSA) is 293 Å². The van der Waals surface area contributed by atoms with E-state index < -0.39 is 128 Å². The first-order valence-corrected chi connectivity index (χ1v) is 18.4. The molecule has 5 aliphatic rings. The van der Waals surface area contributed by atoms with Crippen molar-refractivity contribution in [1.82, 2.24) is 0 Å². The van der Waals surface area contributed by atoms with Gasteiger partial charge in [-0.15, -0.1) is 0 Å². The molecule has 19 heteroatoms. The molecule has 7 rings (SSSR count). The van der Waals surface area contributed by atoms with Gasteiger partial charge in [-0.3, -0.25) is 0 Å². The Morgan fingerprint density at radius 1 is 0.741 bits per heavy atom. The lowest BCUT2D eigenvalue weighted by atomic mass is 9.85. The lowest BCUT2D eigenvalue weighted by Crippen LogP contribution is -2.61. The first-order valence-electron chi connectivity index (χ1n) is 18.4. The van der Waals surface area contributed by atoms with Crippen molar-refractivity contribution in [2.24, 2.45) is 11.8 Å². The Balaban J connectivity index is 1.14. The number of aliphatic hydroxyl groups is 6. The van der Waals surface area contributed by atoms with Gasteiger partial charge in [-0.05, 0) is 60.5 Å². The second-order valence-electron chi connectivity index (χ2n) is 14.5. The average Bonchev–Trinajstić information content (AvgIpc) is 3.89. The summed E-state index contributed by atoms with van der Waals surface area (Å²) in [6.07, 6.45) is -10.9. The Hall–Kier alpha value is -4.64. The first-order chi connectivity index (χ1) is 27.7. The van der Waals surface area contributed by atoms with Gasteiger partial charge < -0.3 is 83.9 Å². The van der Waals surface area contributed by atoms with Gasteiger partial charge in [0.2, 0.25) is 6.29 Å². The number of hydrogen-bond donors (Lipinski definition) is 9. The van der Waals surface area contributed by atoms with Crippen molar-refractivity contribution in [2.45, 2.75) is 92.4 Å². The molecule has 2 aromatic carbocycles. The van der Waals surface area contributed by atoms with E-state index in [1.54, 1.807) is 18.2 Å². The maximum atomic E-state index is 13.3. The van der Waals surface area contributed by atoms with Crippen molar-refractivity contribution in [3.05, 3.63) is 78.1 Å². The fourth-order valence-corrected chi connectivity index (χ4v) is 7.72. The number of benzene rings is 2. The van der Waals surface area contributed by atoms with E-state index in [1.165, 1.54) is 55.7 Å². The van der Waals surface area contributed by atoms with Crippen LogP contribution in [0.4, 0.5) is 0 Å². The lowest BCUT2D eigenvalue weighted by Gasteiger charge is -2.44. The van der Waals surface area contributed by atoms with E-state index in [0.29, 0.717) is 11.1 Å². The SMILES string of the molecule is C[C@@H]1O[C@@H](O[C@H]2[C@@H]3C=CO[C@@H](O[C@@H]4O[C@H](CO)[C@@H](O)[C@H](O)[C@H]4O)[C@@H]3[C@@]3(CO)O[C@@H]23)[C@H](OC(=O)/C=C/c2ccc(O)c(O)c2)[C@H](OC(=O)/C=C/c2ccc(O)cc2)[C@H]1O. The molecule has 0 radical (unpaired) electrons. The molecule has 4 heterocycles. The van der Waals surface area contributed by atoms with E-state index in [4.69, 9.17) is 37.9 Å². The average molecular weight is 817 g/mol. The number of carbonyl (C=O) groups excluding carboxylic acids is 2. The minimum absolute atomic E-state index is 0.0144. The van der Waals surface area contributed by atoms with Crippen LogP contribution in [0.2, 0.25) is 0 Å². The van der Waals surface area contributed by atoms with E-state index >= 15 is 0 Å². The number of esters is 2. The summed E-state index contributed by atoms with van der Waals surface area (Å²) in [5.74, 6) is -4.29. The molecule has 0 amide bonds. The smallest absolute Gasteiger partial charge is 0.331 e. The standard InChI is InChI=1S/C39H44O19/c1-17-28(47)33(54-25(45)10-5-18-2-7-20(42)8-3-18)34(55-26(46)11-6-19-4-9-22(43)23(44)14-19)38(52-17)56-32-21-12-13-51-36(27(21)39(16-41)35(32)58-39)57-37-31(50)30(49)29(48)24(15-40)53-37/h2-14,17,21,24,27-38,40-44,47-50H,15-16H2,1H3/b10-5+,11-6+/t17-,21+,24+,27+,28-,29+,30-,31+,32-,33+,34+,35-,36-,37-,38-,39+/m0/s1. The summed E-state index contributed by atoms with van der Waals surface area (Å²) in [4.78, 5) is 26.5. The molecule has 0 bridgehead atoms. The van der Waals surface area contributed by atoms with Gasteiger partial charge in [-0.25, -0.2) is 9.59 Å². The molecule has 1 aliphatic carbocycles. The molecular formula is C39H44O19. The van der Waals surface area contributed by atoms with Crippen LogP contribution in [0, 0.1) is 11.8 Å². The Labute approximate surface area is 330 Å². The van der Waals surface area contributed by atoms with E-state index in [2.05, 4.69) is 0 Å². The van der Waals surface area contributed by atoms with Crippen LogP contribution in [-0.4, -0.2) is 157 Å². The molecule has 2 aromatic rings. The lowest BCUT2D eigenvalue weighted by molar-refractivity contribution is -0.347. The zero-order valence-corrected chi connectivity index (χ0v) is 30.7. The van der Waals surface area contributed by atoms with Crippen molar-refractivity contribution in [3.8, 4) is 17.2 Å². The molecule has 314 valence electrons. The zero-order chi connectivity index (χ0) is 41.5. The van der Waals surface area contributed by atoms with E-state index in [0.717, 1.165) is 12.2 Å². The van der Waals surface area contributed by atoms with E-state index in [-0.39, 0.29) is 11.5 Å². The number of phenolic OH excluding ortho intramolecular Hbond substituents is 3. The summed E-state index contributed by atoms with van der Waals surface area (Å²) < 4.78 is 47.2. The highest BCUT2D eigenvalue weighted by molar-refractivity contribution is 5.88. The van der Waals surface area contributed by atoms with Crippen molar-refractivity contribution in [1.29, 1.82) is 0 Å². The maximum Gasteiger partial charge on any atom is 0.331 e. The second-order valence-corrected chi connectivity index (χ2v) is 14.5. The predicted octanol–water partition coefficient (Wildman–Crippen LogP) is -1.09. The summed E-state index contributed by atoms with van der Waals surface area (Å²) in [6, 6.07) is 9.75. The van der Waals surface area contributed by atoms with Gasteiger partial charge in [-0.2, -0.15) is 0 Å². The Morgan fingerprint density at radius 3 is 2.09 bits per heavy atom. The Morgan fingerprint density at radius 2 is 1.41 bits per heavy atom. The molecule has 3 saturated heterocycles. The summed E-state index contributed by atoms with van der Waals surface area (Å²) in [5, 5.41) is 91.9. The van der Waals surface area contributed by atoms with E-state index in [9.17, 15) is 55.5 Å². The summed E-state index contributed by atoms with van der Waals surface area (Å²) in [5.41, 5.74) is -0.490. The third-order valence-electron chi connectivity index (χ3n) is 10.9. The number of rotatable bonds is 12. The van der Waals surface area contributed by atoms with Gasteiger partial charge in [-0.1, -0.05) is 18.2 Å². The fourth-order valence-electron chi connectivity index (χ4n) is 7.72. The van der Waals surface area contributed by atoms with Crippen LogP contribution in [0.25, 0.3) is 12.2 Å². The van der Waals surface area contributed by atoms with Gasteiger partial charge in [0.1, 0.15) is 48.0 Å². The highest BCUT2D eigenvalue weighted by Gasteiger charge is 2.77. The summed E-state index contributed by atoms with van der Waals surface area (Å²) >= 11 is 0. The number of hydrogen-bond acceptors (Lipinski definition) is 19. The monoisotopic (exact) mass is 816 g/mol. The van der Waals surface area contributed by atoms with Crippen LogP contribution in [0.1, 0.15) is 18.1 Å². The van der Waals surface area contributed by atoms with Crippen LogP contribution in [0.5, 0.6) is 17.2 Å². The number of ether oxygens (including phenoxy) is 8. The highest BCUT2D eigenvalue weighted by atomic mass is 16.8. The minimum atomic E-state index is -1.76. The third-order valence-corrected chi connectivity index (χ3v) is 10.9. The molecule has 0 unspecified atom stereocenters. The first kappa shape index (κ1) is 41.5. The normalized spacial score (nSPS) is 39.2. The highest BCUT2D eigenvalue weighted by Crippen LogP contribution is 2.61. The van der Waals surface area contributed by atoms with Crippen LogP contribution >= 0.6 is 0 Å². The quantitative estimate of drug-likeness (QED) is 0.0532. The molecule has 1 saturated carbocycles. The molecule has 19 nitrogen and oxygen atoms in total. The number of aliphatic hydroxyl groups excluding tert-OH is 6. The number of phenols is 3. The summed E-state index contributed by atoms with van der Waals surface area (Å²) in [7, 11) is 0. The Bertz CT molecular complexity index is 1880. The van der Waals surface area contributed by atoms with Crippen molar-refractivity contribution in [2.75, 3.05) is 13.2 Å². The molecular weight excluding hydrogens is 772 g/mol. The molecule has 9 N–H and O–H groups in total. The van der Waals surface area contributed by atoms with Gasteiger partial charge in [0.05, 0.1) is 37.6 Å². The van der Waals surface area contributed by atoms with Crippen LogP contribution in [-0.2, 0) is 47.5 Å². The number of carbonyl (C=O) groups is 2. The predicted molar refractivity (Wildman–Crippen MR) is 191 cm³/mol. The minimum Gasteiger partial charge on any atom is -0.508 e. The molecule has 0 spiro atoms. The van der Waals surface area contributed by atoms with Crippen LogP contribution in [0.15, 0.2) is 67.0 Å². The van der Waals surface area contributed by atoms with Crippen molar-refractivity contribution in [3.63, 3.8) is 0 Å². The van der Waals surface area contributed by atoms with Gasteiger partial charge in [0.25, 0.3) is 0 Å². The van der Waals surface area contributed by atoms with Crippen LogP contribution < -0.4 is 0 Å². The maximum absolute atomic E-state index is 13.3. The molecule has 4 aliphatic heterocycles. The van der Waals surface area contributed by atoms with Gasteiger partial charge in [0, 0.05) is 18.1 Å². The Kier molecular flexibility index (Phi) is 12.1. The number of fused-ring (bicyclic) bond motifs is 3. The third kappa shape index (κ3) is 8.16.